The molecule has 1 saturated heterocycles. The van der Waals surface area contributed by atoms with Crippen LogP contribution in [0.15, 0.2) is 30.3 Å². The van der Waals surface area contributed by atoms with Gasteiger partial charge in [0.1, 0.15) is 6.04 Å². The van der Waals surface area contributed by atoms with Crippen LogP contribution in [-0.4, -0.2) is 43.2 Å². The highest BCUT2D eigenvalue weighted by Gasteiger charge is 2.23. The number of nitrogens with two attached hydrogens (primary N) is 1. The van der Waals surface area contributed by atoms with Crippen molar-refractivity contribution in [2.24, 2.45) is 11.7 Å². The Kier molecular flexibility index (Phi) is 6.21. The SMILES string of the molecule is CCOC(=O)C(N)CN1CCC(Cc2ccccc2)CC1. The lowest BCUT2D eigenvalue weighted by Gasteiger charge is -2.33. The molecule has 0 amide bonds. The largest absolute Gasteiger partial charge is 0.465 e. The molecule has 1 aromatic carbocycles. The topological polar surface area (TPSA) is 55.6 Å². The van der Waals surface area contributed by atoms with Crippen LogP contribution in [0, 0.1) is 5.92 Å². The van der Waals surface area contributed by atoms with Crippen molar-refractivity contribution >= 4 is 5.97 Å². The summed E-state index contributed by atoms with van der Waals surface area (Å²) >= 11 is 0. The first-order valence-electron chi connectivity index (χ1n) is 7.87. The molecule has 0 bridgehead atoms. The predicted molar refractivity (Wildman–Crippen MR) is 83.9 cm³/mol. The van der Waals surface area contributed by atoms with Gasteiger partial charge in [-0.1, -0.05) is 30.3 Å². The maximum Gasteiger partial charge on any atom is 0.324 e. The molecule has 4 heteroatoms. The Hall–Kier alpha value is -1.39. The Morgan fingerprint density at radius 1 is 1.33 bits per heavy atom. The van der Waals surface area contributed by atoms with Crippen LogP contribution in [-0.2, 0) is 16.0 Å². The van der Waals surface area contributed by atoms with Crippen LogP contribution in [0.3, 0.4) is 0 Å². The number of hydrogen-bond donors (Lipinski definition) is 1. The summed E-state index contributed by atoms with van der Waals surface area (Å²) in [4.78, 5) is 13.8. The zero-order chi connectivity index (χ0) is 15.1. The van der Waals surface area contributed by atoms with Gasteiger partial charge in [-0.3, -0.25) is 4.79 Å². The van der Waals surface area contributed by atoms with Crippen molar-refractivity contribution in [3.63, 3.8) is 0 Å². The molecule has 0 aromatic heterocycles. The first-order chi connectivity index (χ1) is 10.2. The van der Waals surface area contributed by atoms with Gasteiger partial charge in [0.2, 0.25) is 0 Å². The standard InChI is InChI=1S/C17H26N2O2/c1-2-21-17(20)16(18)13-19-10-8-15(9-11-19)12-14-6-4-3-5-7-14/h3-7,15-16H,2,8-13,18H2,1H3. The molecular weight excluding hydrogens is 264 g/mol. The number of piperidine rings is 1. The zero-order valence-electron chi connectivity index (χ0n) is 12.8. The van der Waals surface area contributed by atoms with Gasteiger partial charge in [0.05, 0.1) is 6.61 Å². The number of ether oxygens (including phenoxy) is 1. The molecule has 2 rings (SSSR count). The third-order valence-corrected chi connectivity index (χ3v) is 4.12. The number of carbonyl (C=O) groups excluding carboxylic acids is 1. The maximum absolute atomic E-state index is 11.5. The molecule has 1 aliphatic rings. The summed E-state index contributed by atoms with van der Waals surface area (Å²) < 4.78 is 4.95. The van der Waals surface area contributed by atoms with Crippen molar-refractivity contribution in [3.8, 4) is 0 Å². The van der Waals surface area contributed by atoms with E-state index < -0.39 is 6.04 Å². The minimum absolute atomic E-state index is 0.288. The summed E-state index contributed by atoms with van der Waals surface area (Å²) in [5.41, 5.74) is 7.29. The number of rotatable bonds is 6. The van der Waals surface area contributed by atoms with Crippen LogP contribution < -0.4 is 5.73 Å². The van der Waals surface area contributed by atoms with E-state index in [9.17, 15) is 4.79 Å². The van der Waals surface area contributed by atoms with Gasteiger partial charge >= 0.3 is 5.97 Å². The average Bonchev–Trinajstić information content (AvgIpc) is 2.50. The van der Waals surface area contributed by atoms with E-state index in [2.05, 4.69) is 35.2 Å². The monoisotopic (exact) mass is 290 g/mol. The fourth-order valence-corrected chi connectivity index (χ4v) is 2.92. The van der Waals surface area contributed by atoms with Gasteiger partial charge < -0.3 is 15.4 Å². The van der Waals surface area contributed by atoms with Crippen LogP contribution in [0.25, 0.3) is 0 Å². The van der Waals surface area contributed by atoms with Crippen molar-refractivity contribution in [1.29, 1.82) is 0 Å². The predicted octanol–water partition coefficient (Wildman–Crippen LogP) is 1.83. The average molecular weight is 290 g/mol. The molecule has 1 atom stereocenters. The zero-order valence-corrected chi connectivity index (χ0v) is 12.8. The second-order valence-electron chi connectivity index (χ2n) is 5.79. The Morgan fingerprint density at radius 3 is 2.62 bits per heavy atom. The van der Waals surface area contributed by atoms with Crippen molar-refractivity contribution < 1.29 is 9.53 Å². The molecule has 0 aliphatic carbocycles. The van der Waals surface area contributed by atoms with E-state index in [0.29, 0.717) is 13.2 Å². The lowest BCUT2D eigenvalue weighted by atomic mass is 9.90. The first kappa shape index (κ1) is 16.0. The van der Waals surface area contributed by atoms with E-state index in [0.717, 1.165) is 25.4 Å². The number of hydrogen-bond acceptors (Lipinski definition) is 4. The molecule has 0 spiro atoms. The third kappa shape index (κ3) is 5.14. The molecule has 1 aromatic rings. The molecule has 1 fully saturated rings. The van der Waals surface area contributed by atoms with Crippen LogP contribution in [0.2, 0.25) is 0 Å². The molecular formula is C17H26N2O2. The maximum atomic E-state index is 11.5. The number of likely N-dealkylation sites (tertiary alicyclic amines) is 1. The van der Waals surface area contributed by atoms with E-state index >= 15 is 0 Å². The van der Waals surface area contributed by atoms with Crippen LogP contribution in [0.1, 0.15) is 25.3 Å². The molecule has 2 N–H and O–H groups in total. The van der Waals surface area contributed by atoms with E-state index in [1.807, 2.05) is 0 Å². The fraction of sp³-hybridized carbons (Fsp3) is 0.588. The minimum atomic E-state index is -0.518. The highest BCUT2D eigenvalue weighted by atomic mass is 16.5. The second kappa shape index (κ2) is 8.15. The van der Waals surface area contributed by atoms with Crippen molar-refractivity contribution in [3.05, 3.63) is 35.9 Å². The van der Waals surface area contributed by atoms with Gasteiger partial charge in [0, 0.05) is 6.54 Å². The van der Waals surface area contributed by atoms with Gasteiger partial charge in [-0.2, -0.15) is 0 Å². The summed E-state index contributed by atoms with van der Waals surface area (Å²) in [6.45, 7) is 4.84. The first-order valence-corrected chi connectivity index (χ1v) is 7.87. The molecule has 1 heterocycles. The van der Waals surface area contributed by atoms with Gasteiger partial charge in [-0.05, 0) is 50.8 Å². The lowest BCUT2D eigenvalue weighted by molar-refractivity contribution is -0.145. The van der Waals surface area contributed by atoms with Gasteiger partial charge in [0.25, 0.3) is 0 Å². The highest BCUT2D eigenvalue weighted by molar-refractivity contribution is 5.75. The molecule has 0 saturated carbocycles. The number of nitrogens with zero attached hydrogens (tertiary/aromatic N) is 1. The summed E-state index contributed by atoms with van der Waals surface area (Å²) in [7, 11) is 0. The highest BCUT2D eigenvalue weighted by Crippen LogP contribution is 2.21. The molecule has 1 unspecified atom stereocenters. The second-order valence-corrected chi connectivity index (χ2v) is 5.79. The van der Waals surface area contributed by atoms with E-state index in [-0.39, 0.29) is 5.97 Å². The Morgan fingerprint density at radius 2 is 2.00 bits per heavy atom. The minimum Gasteiger partial charge on any atom is -0.465 e. The van der Waals surface area contributed by atoms with Crippen molar-refractivity contribution in [1.82, 2.24) is 4.90 Å². The molecule has 0 radical (unpaired) electrons. The Labute approximate surface area is 127 Å². The van der Waals surface area contributed by atoms with Gasteiger partial charge in [-0.15, -0.1) is 0 Å². The van der Waals surface area contributed by atoms with E-state index in [1.165, 1.54) is 18.4 Å². The van der Waals surface area contributed by atoms with E-state index in [1.54, 1.807) is 6.92 Å². The number of benzene rings is 1. The smallest absolute Gasteiger partial charge is 0.324 e. The van der Waals surface area contributed by atoms with Crippen LogP contribution >= 0.6 is 0 Å². The summed E-state index contributed by atoms with van der Waals surface area (Å²) in [5, 5.41) is 0. The molecule has 21 heavy (non-hydrogen) atoms. The van der Waals surface area contributed by atoms with Gasteiger partial charge in [0.15, 0.2) is 0 Å². The molecule has 116 valence electrons. The number of esters is 1. The Bertz CT molecular complexity index is 428. The summed E-state index contributed by atoms with van der Waals surface area (Å²) in [6, 6.07) is 10.1. The Balaban J connectivity index is 1.72. The van der Waals surface area contributed by atoms with Crippen LogP contribution in [0.4, 0.5) is 0 Å². The van der Waals surface area contributed by atoms with Crippen LogP contribution in [0.5, 0.6) is 0 Å². The third-order valence-electron chi connectivity index (χ3n) is 4.12. The van der Waals surface area contributed by atoms with Crippen molar-refractivity contribution in [2.75, 3.05) is 26.2 Å². The fourth-order valence-electron chi connectivity index (χ4n) is 2.92. The summed E-state index contributed by atoms with van der Waals surface area (Å²) in [5.74, 6) is 0.450. The van der Waals surface area contributed by atoms with Crippen molar-refractivity contribution in [2.45, 2.75) is 32.2 Å². The molecule has 1 aliphatic heterocycles. The summed E-state index contributed by atoms with van der Waals surface area (Å²) in [6.07, 6.45) is 3.49. The van der Waals surface area contributed by atoms with E-state index in [4.69, 9.17) is 10.5 Å². The lowest BCUT2D eigenvalue weighted by Crippen LogP contribution is -2.46. The normalized spacial score (nSPS) is 18.4. The molecule has 4 nitrogen and oxygen atoms in total. The number of carbonyl (C=O) groups is 1. The van der Waals surface area contributed by atoms with Gasteiger partial charge in [-0.25, -0.2) is 0 Å². The quantitative estimate of drug-likeness (QED) is 0.812.